The summed E-state index contributed by atoms with van der Waals surface area (Å²) >= 11 is 0. The summed E-state index contributed by atoms with van der Waals surface area (Å²) in [6.07, 6.45) is 2.73. The number of nitrogens with zero attached hydrogens (tertiary/aromatic N) is 1. The highest BCUT2D eigenvalue weighted by Crippen LogP contribution is 2.39. The molecule has 0 saturated carbocycles. The molecular formula is C15H21NO3. The molecule has 0 saturated heterocycles. The first-order valence-electron chi connectivity index (χ1n) is 6.75. The molecule has 1 aromatic carbocycles. The van der Waals surface area contributed by atoms with Gasteiger partial charge in [-0.3, -0.25) is 4.79 Å². The number of methoxy groups -OCH3 is 1. The molecule has 4 nitrogen and oxygen atoms in total. The molecule has 0 spiro atoms. The van der Waals surface area contributed by atoms with E-state index in [2.05, 4.69) is 6.92 Å². The molecule has 1 unspecified atom stereocenters. The van der Waals surface area contributed by atoms with Gasteiger partial charge in [0.25, 0.3) is 0 Å². The van der Waals surface area contributed by atoms with Crippen LogP contribution >= 0.6 is 0 Å². The smallest absolute Gasteiger partial charge is 0.219 e. The first-order chi connectivity index (χ1) is 9.08. The normalized spacial score (nSPS) is 18.1. The number of rotatable bonds is 3. The number of benzene rings is 1. The predicted molar refractivity (Wildman–Crippen MR) is 73.4 cm³/mol. The van der Waals surface area contributed by atoms with Crippen molar-refractivity contribution in [2.24, 2.45) is 0 Å². The Balaban J connectivity index is 2.44. The van der Waals surface area contributed by atoms with Crippen LogP contribution < -0.4 is 4.74 Å². The molecule has 1 N–H and O–H groups in total. The van der Waals surface area contributed by atoms with Gasteiger partial charge in [0.05, 0.1) is 13.2 Å². The lowest BCUT2D eigenvalue weighted by atomic mass is 9.89. The third kappa shape index (κ3) is 2.53. The second kappa shape index (κ2) is 5.51. The van der Waals surface area contributed by atoms with Gasteiger partial charge in [0.2, 0.25) is 5.91 Å². The Morgan fingerprint density at radius 3 is 2.84 bits per heavy atom. The number of hydrogen-bond acceptors (Lipinski definition) is 3. The highest BCUT2D eigenvalue weighted by Gasteiger charge is 2.29. The van der Waals surface area contributed by atoms with Crippen LogP contribution in [0.25, 0.3) is 0 Å². The van der Waals surface area contributed by atoms with Gasteiger partial charge in [-0.2, -0.15) is 0 Å². The van der Waals surface area contributed by atoms with E-state index in [0.717, 1.165) is 31.4 Å². The van der Waals surface area contributed by atoms with E-state index in [9.17, 15) is 9.90 Å². The molecule has 19 heavy (non-hydrogen) atoms. The lowest BCUT2D eigenvalue weighted by Gasteiger charge is -2.37. The summed E-state index contributed by atoms with van der Waals surface area (Å²) in [5, 5.41) is 9.95. The lowest BCUT2D eigenvalue weighted by Crippen LogP contribution is -2.38. The van der Waals surface area contributed by atoms with Gasteiger partial charge in [-0.25, -0.2) is 0 Å². The number of fused-ring (bicyclic) bond motifs is 1. The van der Waals surface area contributed by atoms with Crippen LogP contribution in [0.15, 0.2) is 12.1 Å². The number of carbonyl (C=O) groups excluding carboxylic acids is 1. The van der Waals surface area contributed by atoms with Gasteiger partial charge in [0.1, 0.15) is 0 Å². The molecule has 0 fully saturated rings. The van der Waals surface area contributed by atoms with E-state index >= 15 is 0 Å². The molecule has 1 atom stereocenters. The van der Waals surface area contributed by atoms with E-state index in [-0.39, 0.29) is 17.7 Å². The van der Waals surface area contributed by atoms with Crippen LogP contribution in [0.2, 0.25) is 0 Å². The van der Waals surface area contributed by atoms with Gasteiger partial charge < -0.3 is 14.7 Å². The van der Waals surface area contributed by atoms with Crippen molar-refractivity contribution in [3.05, 3.63) is 23.3 Å². The van der Waals surface area contributed by atoms with Crippen LogP contribution in [0.1, 0.15) is 43.9 Å². The number of phenols is 1. The average Bonchev–Trinajstić information content (AvgIpc) is 2.38. The fourth-order valence-corrected chi connectivity index (χ4v) is 2.84. The van der Waals surface area contributed by atoms with Crippen molar-refractivity contribution < 1.29 is 14.6 Å². The number of amides is 1. The summed E-state index contributed by atoms with van der Waals surface area (Å²) in [5.74, 6) is 0.748. The molecule has 0 aromatic heterocycles. The molecular weight excluding hydrogens is 242 g/mol. The zero-order valence-electron chi connectivity index (χ0n) is 11.8. The Morgan fingerprint density at radius 2 is 2.26 bits per heavy atom. The molecule has 1 aliphatic rings. The van der Waals surface area contributed by atoms with Gasteiger partial charge in [0.15, 0.2) is 11.5 Å². The quantitative estimate of drug-likeness (QED) is 0.912. The third-order valence-electron chi connectivity index (χ3n) is 3.76. The molecule has 0 bridgehead atoms. The standard InChI is InChI=1S/C15H21NO3/c1-4-5-13-12-9-14(18)15(19-3)8-11(12)6-7-16(13)10(2)17/h8-9,13,18H,4-7H2,1-3H3. The van der Waals surface area contributed by atoms with Crippen molar-refractivity contribution in [3.63, 3.8) is 0 Å². The number of aromatic hydroxyl groups is 1. The maximum absolute atomic E-state index is 11.7. The minimum Gasteiger partial charge on any atom is -0.504 e. The second-order valence-electron chi connectivity index (χ2n) is 4.99. The zero-order valence-corrected chi connectivity index (χ0v) is 11.8. The van der Waals surface area contributed by atoms with Gasteiger partial charge in [-0.05, 0) is 36.1 Å². The summed E-state index contributed by atoms with van der Waals surface area (Å²) in [7, 11) is 1.55. The number of hydrogen-bond donors (Lipinski definition) is 1. The fraction of sp³-hybridized carbons (Fsp3) is 0.533. The van der Waals surface area contributed by atoms with Crippen molar-refractivity contribution in [3.8, 4) is 11.5 Å². The van der Waals surface area contributed by atoms with Crippen LogP contribution in [0.4, 0.5) is 0 Å². The minimum atomic E-state index is 0.0723. The van der Waals surface area contributed by atoms with Crippen molar-refractivity contribution in [1.29, 1.82) is 0 Å². The Labute approximate surface area is 114 Å². The lowest BCUT2D eigenvalue weighted by molar-refractivity contribution is -0.131. The highest BCUT2D eigenvalue weighted by atomic mass is 16.5. The monoisotopic (exact) mass is 263 g/mol. The van der Waals surface area contributed by atoms with Crippen LogP contribution in [0.3, 0.4) is 0 Å². The highest BCUT2D eigenvalue weighted by molar-refractivity contribution is 5.74. The summed E-state index contributed by atoms with van der Waals surface area (Å²) in [6.45, 7) is 4.45. The van der Waals surface area contributed by atoms with E-state index in [0.29, 0.717) is 5.75 Å². The van der Waals surface area contributed by atoms with Crippen molar-refractivity contribution in [2.45, 2.75) is 39.2 Å². The number of ether oxygens (including phenoxy) is 1. The molecule has 1 aliphatic heterocycles. The summed E-state index contributed by atoms with van der Waals surface area (Å²) in [4.78, 5) is 13.6. The fourth-order valence-electron chi connectivity index (χ4n) is 2.84. The van der Waals surface area contributed by atoms with E-state index in [1.807, 2.05) is 11.0 Å². The Hall–Kier alpha value is -1.71. The summed E-state index contributed by atoms with van der Waals surface area (Å²) in [5.41, 5.74) is 2.23. The van der Waals surface area contributed by atoms with Gasteiger partial charge in [-0.15, -0.1) is 0 Å². The molecule has 1 aromatic rings. The molecule has 0 radical (unpaired) electrons. The molecule has 1 heterocycles. The van der Waals surface area contributed by atoms with E-state index < -0.39 is 0 Å². The van der Waals surface area contributed by atoms with Crippen LogP contribution in [-0.2, 0) is 11.2 Å². The average molecular weight is 263 g/mol. The molecule has 4 heteroatoms. The maximum Gasteiger partial charge on any atom is 0.219 e. The summed E-state index contributed by atoms with van der Waals surface area (Å²) in [6, 6.07) is 3.72. The molecule has 104 valence electrons. The minimum absolute atomic E-state index is 0.0723. The van der Waals surface area contributed by atoms with Crippen LogP contribution in [-0.4, -0.2) is 29.6 Å². The first kappa shape index (κ1) is 13.7. The van der Waals surface area contributed by atoms with Crippen LogP contribution in [0.5, 0.6) is 11.5 Å². The molecule has 2 rings (SSSR count). The molecule has 0 aliphatic carbocycles. The Kier molecular flexibility index (Phi) is 3.98. The van der Waals surface area contributed by atoms with E-state index in [1.165, 1.54) is 5.56 Å². The largest absolute Gasteiger partial charge is 0.504 e. The third-order valence-corrected chi connectivity index (χ3v) is 3.76. The van der Waals surface area contributed by atoms with Crippen molar-refractivity contribution in [2.75, 3.05) is 13.7 Å². The second-order valence-corrected chi connectivity index (χ2v) is 4.99. The summed E-state index contributed by atoms with van der Waals surface area (Å²) < 4.78 is 5.15. The van der Waals surface area contributed by atoms with Gasteiger partial charge in [0, 0.05) is 13.5 Å². The SMILES string of the molecule is CCCC1c2cc(O)c(OC)cc2CCN1C(C)=O. The zero-order chi connectivity index (χ0) is 14.0. The van der Waals surface area contributed by atoms with E-state index in [1.54, 1.807) is 20.1 Å². The first-order valence-corrected chi connectivity index (χ1v) is 6.75. The van der Waals surface area contributed by atoms with Crippen molar-refractivity contribution >= 4 is 5.91 Å². The number of carbonyl (C=O) groups is 1. The predicted octanol–water partition coefficient (Wildman–Crippen LogP) is 2.65. The van der Waals surface area contributed by atoms with Crippen LogP contribution in [0, 0.1) is 0 Å². The molecule has 1 amide bonds. The van der Waals surface area contributed by atoms with Crippen molar-refractivity contribution in [1.82, 2.24) is 4.90 Å². The number of phenolic OH excluding ortho intramolecular Hbond substituents is 1. The Bertz CT molecular complexity index is 485. The van der Waals surface area contributed by atoms with Gasteiger partial charge in [-0.1, -0.05) is 13.3 Å². The van der Waals surface area contributed by atoms with Gasteiger partial charge >= 0.3 is 0 Å². The van der Waals surface area contributed by atoms with E-state index in [4.69, 9.17) is 4.74 Å². The Morgan fingerprint density at radius 1 is 1.53 bits per heavy atom. The maximum atomic E-state index is 11.7. The topological polar surface area (TPSA) is 49.8 Å².